The fraction of sp³-hybridized carbons (Fsp3) is 0.167. The molecule has 1 aliphatic rings. The monoisotopic (exact) mass is 419 g/mol. The third-order valence-corrected chi connectivity index (χ3v) is 5.43. The van der Waals surface area contributed by atoms with Crippen LogP contribution in [0.15, 0.2) is 72.8 Å². The van der Waals surface area contributed by atoms with Gasteiger partial charge in [0.25, 0.3) is 5.91 Å². The molecule has 0 aromatic heterocycles. The number of fused-ring (bicyclic) bond motifs is 1. The molecule has 1 unspecified atom stereocenters. The topological polar surface area (TPSA) is 61.4 Å². The van der Waals surface area contributed by atoms with Gasteiger partial charge in [-0.25, -0.2) is 0 Å². The Morgan fingerprint density at radius 1 is 1.00 bits per heavy atom. The van der Waals surface area contributed by atoms with E-state index in [1.165, 1.54) is 5.56 Å². The van der Waals surface area contributed by atoms with Crippen LogP contribution in [-0.2, 0) is 11.2 Å². The molecule has 5 nitrogen and oxygen atoms in total. The molecule has 1 atom stereocenters. The highest BCUT2D eigenvalue weighted by Gasteiger charge is 2.30. The third kappa shape index (κ3) is 4.16. The summed E-state index contributed by atoms with van der Waals surface area (Å²) in [5.41, 5.74) is 3.87. The van der Waals surface area contributed by atoms with Crippen LogP contribution in [0.25, 0.3) is 0 Å². The fourth-order valence-corrected chi connectivity index (χ4v) is 3.89. The molecule has 2 N–H and O–H groups in total. The molecule has 152 valence electrons. The van der Waals surface area contributed by atoms with E-state index in [-0.39, 0.29) is 24.4 Å². The number of nitrogens with one attached hydrogen (secondary N) is 2. The van der Waals surface area contributed by atoms with Crippen LogP contribution in [0.3, 0.4) is 0 Å². The molecule has 30 heavy (non-hydrogen) atoms. The summed E-state index contributed by atoms with van der Waals surface area (Å²) in [4.78, 5) is 27.5. The largest absolute Gasteiger partial charge is 0.375 e. The number of benzene rings is 3. The zero-order valence-electron chi connectivity index (χ0n) is 16.6. The maximum Gasteiger partial charge on any atom is 0.257 e. The van der Waals surface area contributed by atoms with E-state index in [2.05, 4.69) is 16.7 Å². The zero-order valence-corrected chi connectivity index (χ0v) is 17.3. The molecule has 0 bridgehead atoms. The first-order valence-electron chi connectivity index (χ1n) is 9.82. The minimum atomic E-state index is -0.257. The average Bonchev–Trinajstić information content (AvgIpc) is 3.09. The second-order valence-electron chi connectivity index (χ2n) is 7.31. The van der Waals surface area contributed by atoms with Crippen molar-refractivity contribution in [3.05, 3.63) is 88.9 Å². The molecule has 0 saturated carbocycles. The molecule has 0 radical (unpaired) electrons. The highest BCUT2D eigenvalue weighted by atomic mass is 35.5. The number of carbonyl (C=O) groups is 2. The Kier molecular flexibility index (Phi) is 5.72. The van der Waals surface area contributed by atoms with Crippen molar-refractivity contribution in [3.63, 3.8) is 0 Å². The lowest BCUT2D eigenvalue weighted by Crippen LogP contribution is -2.39. The molecular formula is C24H22ClN3O2. The Balaban J connectivity index is 1.46. The fourth-order valence-electron chi connectivity index (χ4n) is 3.77. The van der Waals surface area contributed by atoms with Crippen molar-refractivity contribution >= 4 is 40.5 Å². The van der Waals surface area contributed by atoms with Crippen LogP contribution in [0.1, 0.15) is 22.8 Å². The second kappa shape index (κ2) is 8.59. The summed E-state index contributed by atoms with van der Waals surface area (Å²) in [6, 6.07) is 22.2. The first-order chi connectivity index (χ1) is 14.5. The van der Waals surface area contributed by atoms with Gasteiger partial charge in [0.2, 0.25) is 5.91 Å². The Labute approximate surface area is 180 Å². The van der Waals surface area contributed by atoms with E-state index in [1.807, 2.05) is 36.1 Å². The van der Waals surface area contributed by atoms with Crippen molar-refractivity contribution in [1.82, 2.24) is 0 Å². The number of hydrogen-bond donors (Lipinski definition) is 2. The number of para-hydroxylation sites is 2. The van der Waals surface area contributed by atoms with Gasteiger partial charge in [-0.1, -0.05) is 41.9 Å². The highest BCUT2D eigenvalue weighted by Crippen LogP contribution is 2.31. The van der Waals surface area contributed by atoms with Gasteiger partial charge >= 0.3 is 0 Å². The summed E-state index contributed by atoms with van der Waals surface area (Å²) in [6.07, 6.45) is 0.849. The molecule has 0 saturated heterocycles. The quantitative estimate of drug-likeness (QED) is 0.613. The molecule has 3 aromatic carbocycles. The summed E-state index contributed by atoms with van der Waals surface area (Å²) in [5.74, 6) is -0.284. The molecule has 6 heteroatoms. The minimum Gasteiger partial charge on any atom is -0.375 e. The number of nitrogens with zero attached hydrogens (tertiary/aromatic N) is 1. The van der Waals surface area contributed by atoms with Crippen molar-refractivity contribution in [2.75, 3.05) is 22.1 Å². The van der Waals surface area contributed by atoms with Gasteiger partial charge in [0.1, 0.15) is 0 Å². The van der Waals surface area contributed by atoms with Crippen LogP contribution in [0.2, 0.25) is 5.02 Å². The smallest absolute Gasteiger partial charge is 0.257 e. The number of amides is 2. The van der Waals surface area contributed by atoms with Gasteiger partial charge in [0.05, 0.1) is 12.1 Å². The minimum absolute atomic E-state index is 0.0274. The van der Waals surface area contributed by atoms with Crippen LogP contribution < -0.4 is 15.5 Å². The molecular weight excluding hydrogens is 398 g/mol. The first kappa shape index (κ1) is 20.0. The van der Waals surface area contributed by atoms with Crippen LogP contribution in [0, 0.1) is 0 Å². The van der Waals surface area contributed by atoms with Gasteiger partial charge in [-0.15, -0.1) is 0 Å². The van der Waals surface area contributed by atoms with Gasteiger partial charge < -0.3 is 15.5 Å². The number of hydrogen-bond acceptors (Lipinski definition) is 3. The van der Waals surface area contributed by atoms with Crippen LogP contribution in [-0.4, -0.2) is 24.4 Å². The number of halogens is 1. The maximum atomic E-state index is 12.9. The molecule has 3 aromatic rings. The number of carbonyl (C=O) groups excluding carboxylic acids is 2. The number of anilines is 3. The lowest BCUT2D eigenvalue weighted by Gasteiger charge is -2.23. The highest BCUT2D eigenvalue weighted by molar-refractivity contribution is 6.30. The molecule has 1 aliphatic heterocycles. The van der Waals surface area contributed by atoms with Crippen LogP contribution in [0.5, 0.6) is 0 Å². The summed E-state index contributed by atoms with van der Waals surface area (Å²) >= 11 is 5.90. The van der Waals surface area contributed by atoms with Gasteiger partial charge in [-0.2, -0.15) is 0 Å². The SMILES string of the molecule is CC1Cc2ccccc2N1C(=O)CNc1ccccc1C(=O)Nc1ccc(Cl)cc1. The van der Waals surface area contributed by atoms with Gasteiger partial charge in [-0.05, 0) is 61.4 Å². The van der Waals surface area contributed by atoms with Gasteiger partial charge in [-0.3, -0.25) is 9.59 Å². The van der Waals surface area contributed by atoms with E-state index in [9.17, 15) is 9.59 Å². The second-order valence-corrected chi connectivity index (χ2v) is 7.74. The summed E-state index contributed by atoms with van der Waals surface area (Å²) in [5, 5.41) is 6.60. The predicted molar refractivity (Wildman–Crippen MR) is 121 cm³/mol. The molecule has 4 rings (SSSR count). The normalized spacial score (nSPS) is 14.9. The van der Waals surface area contributed by atoms with Crippen molar-refractivity contribution < 1.29 is 9.59 Å². The number of rotatable bonds is 5. The third-order valence-electron chi connectivity index (χ3n) is 5.18. The van der Waals surface area contributed by atoms with Gasteiger partial charge in [0, 0.05) is 28.1 Å². The summed E-state index contributed by atoms with van der Waals surface area (Å²) < 4.78 is 0. The van der Waals surface area contributed by atoms with Crippen LogP contribution >= 0.6 is 11.6 Å². The predicted octanol–water partition coefficient (Wildman–Crippen LogP) is 4.98. The van der Waals surface area contributed by atoms with Crippen molar-refractivity contribution in [3.8, 4) is 0 Å². The Hall–Kier alpha value is -3.31. The standard InChI is InChI=1S/C24H22ClN3O2/c1-16-14-17-6-2-5-9-22(17)28(16)23(29)15-26-21-8-4-3-7-20(21)24(30)27-19-12-10-18(25)11-13-19/h2-13,16,26H,14-15H2,1H3,(H,27,30). The van der Waals surface area contributed by atoms with E-state index >= 15 is 0 Å². The Bertz CT molecular complexity index is 1080. The van der Waals surface area contributed by atoms with E-state index in [0.717, 1.165) is 12.1 Å². The van der Waals surface area contributed by atoms with E-state index in [0.29, 0.717) is 22.0 Å². The van der Waals surface area contributed by atoms with Crippen molar-refractivity contribution in [1.29, 1.82) is 0 Å². The van der Waals surface area contributed by atoms with Crippen molar-refractivity contribution in [2.45, 2.75) is 19.4 Å². The maximum absolute atomic E-state index is 12.9. The zero-order chi connectivity index (χ0) is 21.1. The first-order valence-corrected chi connectivity index (χ1v) is 10.2. The van der Waals surface area contributed by atoms with E-state index in [4.69, 9.17) is 11.6 Å². The average molecular weight is 420 g/mol. The van der Waals surface area contributed by atoms with Gasteiger partial charge in [0.15, 0.2) is 0 Å². The lowest BCUT2D eigenvalue weighted by atomic mass is 10.1. The summed E-state index contributed by atoms with van der Waals surface area (Å²) in [7, 11) is 0. The Morgan fingerprint density at radius 2 is 1.70 bits per heavy atom. The molecule has 2 amide bonds. The molecule has 0 fully saturated rings. The van der Waals surface area contributed by atoms with E-state index in [1.54, 1.807) is 42.5 Å². The molecule has 1 heterocycles. The van der Waals surface area contributed by atoms with E-state index < -0.39 is 0 Å². The Morgan fingerprint density at radius 3 is 2.50 bits per heavy atom. The van der Waals surface area contributed by atoms with Crippen molar-refractivity contribution in [2.24, 2.45) is 0 Å². The molecule has 0 spiro atoms. The molecule has 0 aliphatic carbocycles. The summed E-state index contributed by atoms with van der Waals surface area (Å²) in [6.45, 7) is 2.15. The lowest BCUT2D eigenvalue weighted by molar-refractivity contribution is -0.117. The van der Waals surface area contributed by atoms with Crippen LogP contribution in [0.4, 0.5) is 17.1 Å².